The van der Waals surface area contributed by atoms with Crippen LogP contribution >= 0.6 is 0 Å². The van der Waals surface area contributed by atoms with Gasteiger partial charge < -0.3 is 15.8 Å². The van der Waals surface area contributed by atoms with Gasteiger partial charge in [-0.2, -0.15) is 0 Å². The number of nitrogens with one attached hydrogen (secondary N) is 1. The molecule has 0 unspecified atom stereocenters. The maximum Gasteiger partial charge on any atom is 0.236 e. The maximum absolute atomic E-state index is 11.4. The van der Waals surface area contributed by atoms with E-state index in [1.807, 2.05) is 31.2 Å². The van der Waals surface area contributed by atoms with E-state index in [0.717, 1.165) is 17.7 Å². The average Bonchev–Trinajstić information content (AvgIpc) is 2.38. The fraction of sp³-hybridized carbons (Fsp3) is 0.462. The first-order valence-corrected chi connectivity index (χ1v) is 5.83. The first-order chi connectivity index (χ1) is 8.17. The molecule has 0 aromatic heterocycles. The third-order valence-electron chi connectivity index (χ3n) is 2.65. The molecule has 1 amide bonds. The Morgan fingerprint density at radius 3 is 2.59 bits per heavy atom. The van der Waals surface area contributed by atoms with Crippen molar-refractivity contribution in [1.29, 1.82) is 0 Å². The molecule has 0 heterocycles. The molecule has 3 N–H and O–H groups in total. The number of benzene rings is 1. The fourth-order valence-corrected chi connectivity index (χ4v) is 1.44. The van der Waals surface area contributed by atoms with Gasteiger partial charge in [0.2, 0.25) is 5.91 Å². The second-order valence-electron chi connectivity index (χ2n) is 3.90. The highest BCUT2D eigenvalue weighted by molar-refractivity contribution is 5.81. The van der Waals surface area contributed by atoms with Crippen molar-refractivity contribution in [1.82, 2.24) is 5.32 Å². The molecule has 1 aromatic carbocycles. The largest absolute Gasteiger partial charge is 0.497 e. The van der Waals surface area contributed by atoms with Crippen LogP contribution in [0, 0.1) is 0 Å². The molecule has 0 aliphatic rings. The Morgan fingerprint density at radius 2 is 2.06 bits per heavy atom. The van der Waals surface area contributed by atoms with E-state index in [9.17, 15) is 4.79 Å². The van der Waals surface area contributed by atoms with Crippen LogP contribution in [0.3, 0.4) is 0 Å². The highest BCUT2D eigenvalue weighted by atomic mass is 16.5. The van der Waals surface area contributed by atoms with E-state index in [2.05, 4.69) is 5.32 Å². The molecular weight excluding hydrogens is 216 g/mol. The van der Waals surface area contributed by atoms with E-state index in [1.165, 1.54) is 0 Å². The summed E-state index contributed by atoms with van der Waals surface area (Å²) in [5.74, 6) is 0.756. The smallest absolute Gasteiger partial charge is 0.236 e. The summed E-state index contributed by atoms with van der Waals surface area (Å²) in [6, 6.07) is 7.41. The summed E-state index contributed by atoms with van der Waals surface area (Å²) < 4.78 is 5.07. The number of amides is 1. The second kappa shape index (κ2) is 6.91. The van der Waals surface area contributed by atoms with Crippen LogP contribution in [0.2, 0.25) is 0 Å². The Labute approximate surface area is 102 Å². The minimum atomic E-state index is -0.397. The van der Waals surface area contributed by atoms with Crippen molar-refractivity contribution in [3.05, 3.63) is 29.8 Å². The maximum atomic E-state index is 11.4. The van der Waals surface area contributed by atoms with Gasteiger partial charge in [0.1, 0.15) is 5.75 Å². The summed E-state index contributed by atoms with van der Waals surface area (Å²) in [7, 11) is 1.64. The summed E-state index contributed by atoms with van der Waals surface area (Å²) in [5, 5.41) is 2.82. The molecule has 0 spiro atoms. The minimum Gasteiger partial charge on any atom is -0.497 e. The average molecular weight is 236 g/mol. The van der Waals surface area contributed by atoms with Crippen molar-refractivity contribution in [2.24, 2.45) is 5.73 Å². The Morgan fingerprint density at radius 1 is 1.41 bits per heavy atom. The van der Waals surface area contributed by atoms with E-state index in [0.29, 0.717) is 13.0 Å². The van der Waals surface area contributed by atoms with Crippen LogP contribution < -0.4 is 15.8 Å². The third kappa shape index (κ3) is 4.44. The van der Waals surface area contributed by atoms with Crippen LogP contribution in [0.15, 0.2) is 24.3 Å². The van der Waals surface area contributed by atoms with Gasteiger partial charge in [-0.25, -0.2) is 0 Å². The topological polar surface area (TPSA) is 64.4 Å². The molecule has 0 bridgehead atoms. The van der Waals surface area contributed by atoms with Crippen molar-refractivity contribution in [3.63, 3.8) is 0 Å². The van der Waals surface area contributed by atoms with Gasteiger partial charge in [0.15, 0.2) is 0 Å². The number of hydrogen-bond acceptors (Lipinski definition) is 3. The van der Waals surface area contributed by atoms with Gasteiger partial charge in [-0.1, -0.05) is 19.1 Å². The van der Waals surface area contributed by atoms with E-state index in [-0.39, 0.29) is 5.91 Å². The van der Waals surface area contributed by atoms with E-state index >= 15 is 0 Å². The van der Waals surface area contributed by atoms with Crippen LogP contribution in [-0.4, -0.2) is 25.6 Å². The molecule has 17 heavy (non-hydrogen) atoms. The fourth-order valence-electron chi connectivity index (χ4n) is 1.44. The van der Waals surface area contributed by atoms with Crippen molar-refractivity contribution in [2.45, 2.75) is 25.8 Å². The van der Waals surface area contributed by atoms with E-state index in [4.69, 9.17) is 10.5 Å². The Balaban J connectivity index is 2.33. The number of carbonyl (C=O) groups excluding carboxylic acids is 1. The van der Waals surface area contributed by atoms with Gasteiger partial charge in [-0.05, 0) is 30.5 Å². The zero-order valence-electron chi connectivity index (χ0n) is 10.4. The molecule has 4 heteroatoms. The quantitative estimate of drug-likeness (QED) is 0.777. The number of ether oxygens (including phenoxy) is 1. The van der Waals surface area contributed by atoms with Crippen molar-refractivity contribution in [2.75, 3.05) is 13.7 Å². The van der Waals surface area contributed by atoms with Crippen LogP contribution in [0.4, 0.5) is 0 Å². The summed E-state index contributed by atoms with van der Waals surface area (Å²) in [5.41, 5.74) is 6.77. The third-order valence-corrected chi connectivity index (χ3v) is 2.65. The number of nitrogens with two attached hydrogens (primary N) is 1. The molecule has 4 nitrogen and oxygen atoms in total. The molecule has 0 radical (unpaired) electrons. The molecule has 0 saturated heterocycles. The molecule has 1 atom stereocenters. The number of rotatable bonds is 6. The molecule has 0 aliphatic heterocycles. The van der Waals surface area contributed by atoms with Gasteiger partial charge in [0.25, 0.3) is 0 Å². The molecule has 0 saturated carbocycles. The minimum absolute atomic E-state index is 0.0824. The van der Waals surface area contributed by atoms with Crippen LogP contribution in [0.1, 0.15) is 18.9 Å². The van der Waals surface area contributed by atoms with Crippen LogP contribution in [0.5, 0.6) is 5.75 Å². The van der Waals surface area contributed by atoms with Crippen LogP contribution in [-0.2, 0) is 11.2 Å². The predicted octanol–water partition coefficient (Wildman–Crippen LogP) is 1.09. The van der Waals surface area contributed by atoms with Gasteiger partial charge in [0.05, 0.1) is 13.2 Å². The molecule has 0 fully saturated rings. The predicted molar refractivity (Wildman–Crippen MR) is 68.0 cm³/mol. The SMILES string of the molecule is CC[C@@H](N)C(=O)NCCc1ccc(OC)cc1. The van der Waals surface area contributed by atoms with Gasteiger partial charge in [0, 0.05) is 6.54 Å². The summed E-state index contributed by atoms with van der Waals surface area (Å²) in [4.78, 5) is 11.4. The second-order valence-corrected chi connectivity index (χ2v) is 3.90. The Kier molecular flexibility index (Phi) is 5.49. The van der Waals surface area contributed by atoms with Gasteiger partial charge in [-0.3, -0.25) is 4.79 Å². The Bertz CT molecular complexity index is 349. The highest BCUT2D eigenvalue weighted by Gasteiger charge is 2.09. The normalized spacial score (nSPS) is 11.9. The lowest BCUT2D eigenvalue weighted by Gasteiger charge is -2.10. The lowest BCUT2D eigenvalue weighted by atomic mass is 10.1. The summed E-state index contributed by atoms with van der Waals surface area (Å²) in [6.45, 7) is 2.51. The van der Waals surface area contributed by atoms with Crippen molar-refractivity contribution in [3.8, 4) is 5.75 Å². The number of carbonyl (C=O) groups is 1. The summed E-state index contributed by atoms with van der Waals surface area (Å²) in [6.07, 6.45) is 1.46. The molecule has 0 aliphatic carbocycles. The Hall–Kier alpha value is -1.55. The zero-order chi connectivity index (χ0) is 12.7. The lowest BCUT2D eigenvalue weighted by Crippen LogP contribution is -2.40. The summed E-state index contributed by atoms with van der Waals surface area (Å²) >= 11 is 0. The highest BCUT2D eigenvalue weighted by Crippen LogP contribution is 2.11. The zero-order valence-corrected chi connectivity index (χ0v) is 10.4. The standard InChI is InChI=1S/C13H20N2O2/c1-3-12(14)13(16)15-9-8-10-4-6-11(17-2)7-5-10/h4-7,12H,3,8-9,14H2,1-2H3,(H,15,16)/t12-/m1/s1. The van der Waals surface area contributed by atoms with Crippen molar-refractivity contribution >= 4 is 5.91 Å². The first kappa shape index (κ1) is 13.5. The molecule has 1 aromatic rings. The number of methoxy groups -OCH3 is 1. The monoisotopic (exact) mass is 236 g/mol. The van der Waals surface area contributed by atoms with E-state index < -0.39 is 6.04 Å². The lowest BCUT2D eigenvalue weighted by molar-refractivity contribution is -0.122. The molecular formula is C13H20N2O2. The first-order valence-electron chi connectivity index (χ1n) is 5.83. The molecule has 94 valence electrons. The number of hydrogen-bond donors (Lipinski definition) is 2. The molecule has 1 rings (SSSR count). The van der Waals surface area contributed by atoms with Crippen molar-refractivity contribution < 1.29 is 9.53 Å². The van der Waals surface area contributed by atoms with Gasteiger partial charge >= 0.3 is 0 Å². The van der Waals surface area contributed by atoms with Crippen LogP contribution in [0.25, 0.3) is 0 Å². The van der Waals surface area contributed by atoms with Gasteiger partial charge in [-0.15, -0.1) is 0 Å². The van der Waals surface area contributed by atoms with E-state index in [1.54, 1.807) is 7.11 Å².